The maximum absolute atomic E-state index is 11.9. The summed E-state index contributed by atoms with van der Waals surface area (Å²) in [7, 11) is -16.0. The third-order valence-corrected chi connectivity index (χ3v) is 10.9. The van der Waals surface area contributed by atoms with Gasteiger partial charge in [0, 0.05) is 5.39 Å². The van der Waals surface area contributed by atoms with Crippen molar-refractivity contribution in [2.75, 3.05) is 25.7 Å². The number of methoxy groups -OCH3 is 2. The second-order valence-corrected chi connectivity index (χ2v) is 16.3. The number of anilines is 2. The van der Waals surface area contributed by atoms with Crippen LogP contribution in [-0.4, -0.2) is 76.0 Å². The van der Waals surface area contributed by atoms with Gasteiger partial charge in [0.05, 0.1) is 51.0 Å². The number of benzene rings is 6. The molecule has 6 aromatic carbocycles. The molecule has 0 amide bonds. The van der Waals surface area contributed by atoms with Gasteiger partial charge in [0.1, 0.15) is 54.5 Å². The molecule has 30 heteroatoms. The molecule has 6 rings (SSSR count). The zero-order chi connectivity index (χ0) is 44.5. The zero-order valence-corrected chi connectivity index (χ0v) is 45.4. The summed E-state index contributed by atoms with van der Waals surface area (Å²) in [6.45, 7) is 0. The van der Waals surface area contributed by atoms with Crippen LogP contribution in [0.3, 0.4) is 0 Å². The Morgan fingerprint density at radius 2 is 0.922 bits per heavy atom. The fourth-order valence-corrected chi connectivity index (χ4v) is 7.74. The van der Waals surface area contributed by atoms with Crippen molar-refractivity contribution in [2.24, 2.45) is 20.5 Å². The normalized spacial score (nSPS) is 11.4. The molecular weight excluding hydrogens is 969 g/mol. The van der Waals surface area contributed by atoms with Gasteiger partial charge in [0.25, 0.3) is 0 Å². The van der Waals surface area contributed by atoms with Crippen LogP contribution in [0.1, 0.15) is 0 Å². The number of rotatable bonds is 10. The van der Waals surface area contributed by atoms with Crippen molar-refractivity contribution < 1.29 is 189 Å². The van der Waals surface area contributed by atoms with E-state index in [9.17, 15) is 49.1 Å². The number of nitrogens with two attached hydrogens (primary N) is 2. The first-order chi connectivity index (χ1) is 28.0. The van der Waals surface area contributed by atoms with Crippen LogP contribution in [0.2, 0.25) is 0 Å². The standard InChI is InChI=1S/C34H27N6O13S3.4Na.O3S/c1-52-25-13-16(3-8-21(25)37-39-23-10-5-18-27(54(43,44)45)12-7-20(35)30(18)33(23)41)17-4-9-22(26(14-17)53-2)38-40-24-11-6-19-28(55(46,47)48)15-29(56(49,50)51)32(36)31(19)34(24)42;;;;;1-4(2)3/h3-6,8-15,41-42H,35-36H2,1-2H3,(H,43,44,45)(H,46,47,48)(H,49,50,51);;;;;/q-1;4*+1;/p-3. The van der Waals surface area contributed by atoms with Gasteiger partial charge < -0.3 is 44.8 Å². The number of aromatic hydroxyl groups is 2. The Morgan fingerprint density at radius 3 is 1.31 bits per heavy atom. The van der Waals surface area contributed by atoms with Crippen LogP contribution in [0.15, 0.2) is 108 Å². The Labute approximate surface area is 454 Å². The summed E-state index contributed by atoms with van der Waals surface area (Å²) in [5.74, 6) is -0.960. The topological polar surface area (TPSA) is 383 Å². The first-order valence-corrected chi connectivity index (χ1v) is 21.1. The minimum atomic E-state index is -5.38. The van der Waals surface area contributed by atoms with E-state index in [4.69, 9.17) is 33.6 Å². The summed E-state index contributed by atoms with van der Waals surface area (Å²) in [5.41, 5.74) is 11.9. The third-order valence-electron chi connectivity index (χ3n) is 8.30. The zero-order valence-electron chi connectivity index (χ0n) is 34.1. The molecule has 0 aliphatic rings. The van der Waals surface area contributed by atoms with Crippen molar-refractivity contribution in [2.45, 2.75) is 14.7 Å². The van der Waals surface area contributed by atoms with E-state index in [0.717, 1.165) is 18.2 Å². The van der Waals surface area contributed by atoms with Crippen LogP contribution in [-0.2, 0) is 41.0 Å². The van der Waals surface area contributed by atoms with Crippen LogP contribution in [0.4, 0.5) is 34.1 Å². The van der Waals surface area contributed by atoms with Crippen LogP contribution in [0.5, 0.6) is 23.0 Å². The van der Waals surface area contributed by atoms with E-state index in [1.54, 1.807) is 30.3 Å². The number of nitrogen functional groups attached to an aromatic ring is 2. The van der Waals surface area contributed by atoms with Gasteiger partial charge >= 0.3 is 129 Å². The van der Waals surface area contributed by atoms with Crippen molar-refractivity contribution in [3.8, 4) is 34.1 Å². The molecule has 0 saturated carbocycles. The second-order valence-electron chi connectivity index (χ2n) is 11.8. The van der Waals surface area contributed by atoms with E-state index in [2.05, 4.69) is 26.5 Å². The number of azo groups is 2. The van der Waals surface area contributed by atoms with Crippen LogP contribution in [0, 0.1) is 6.07 Å². The molecule has 6 aromatic rings. The maximum atomic E-state index is 11.9. The predicted octanol–water partition coefficient (Wildman–Crippen LogP) is -7.39. The number of fused-ring (bicyclic) bond motifs is 2. The third kappa shape index (κ3) is 13.4. The van der Waals surface area contributed by atoms with Gasteiger partial charge in [-0.2, -0.15) is 12.1 Å². The minimum Gasteiger partial charge on any atom is -0.754 e. The minimum absolute atomic E-state index is 0. The number of hydrogen-bond donors (Lipinski definition) is 4. The summed E-state index contributed by atoms with van der Waals surface area (Å²) in [6, 6.07) is 17.9. The summed E-state index contributed by atoms with van der Waals surface area (Å²) in [5, 5.41) is 36.7. The smallest absolute Gasteiger partial charge is 0.754 e. The largest absolute Gasteiger partial charge is 1.00 e. The fourth-order valence-electron chi connectivity index (χ4n) is 5.68. The quantitative estimate of drug-likeness (QED) is 0.0326. The second kappa shape index (κ2) is 23.8. The van der Waals surface area contributed by atoms with Crippen LogP contribution in [0.25, 0.3) is 32.7 Å². The molecule has 64 heavy (non-hydrogen) atoms. The van der Waals surface area contributed by atoms with E-state index in [1.807, 2.05) is 0 Å². The number of phenolic OH excluding ortho intramolecular Hbond substituents is 2. The van der Waals surface area contributed by atoms with E-state index in [0.29, 0.717) is 17.2 Å². The average molecular weight is 993 g/mol. The number of phenols is 2. The van der Waals surface area contributed by atoms with Crippen LogP contribution < -0.4 is 139 Å². The average Bonchev–Trinajstić information content (AvgIpc) is 3.15. The fraction of sp³-hybridized carbons (Fsp3) is 0.0588. The molecule has 0 spiro atoms. The Balaban J connectivity index is 0.00000246. The Morgan fingerprint density at radius 1 is 0.562 bits per heavy atom. The maximum Gasteiger partial charge on any atom is 1.00 e. The summed E-state index contributed by atoms with van der Waals surface area (Å²) < 4.78 is 142. The number of nitrogens with zero attached hydrogens (tertiary/aromatic N) is 4. The van der Waals surface area contributed by atoms with Crippen molar-refractivity contribution in [3.63, 3.8) is 0 Å². The Hall–Kier alpha value is -2.81. The molecule has 0 aromatic heterocycles. The molecule has 22 nitrogen and oxygen atoms in total. The molecule has 0 unspecified atom stereocenters. The molecule has 0 bridgehead atoms. The van der Waals surface area contributed by atoms with Crippen molar-refractivity contribution in [1.29, 1.82) is 0 Å². The molecule has 0 radical (unpaired) electrons. The van der Waals surface area contributed by atoms with E-state index in [-0.39, 0.29) is 169 Å². The van der Waals surface area contributed by atoms with Crippen molar-refractivity contribution in [1.82, 2.24) is 0 Å². The van der Waals surface area contributed by atoms with Gasteiger partial charge in [-0.05, 0) is 58.5 Å². The van der Waals surface area contributed by atoms with E-state index < -0.39 is 83.6 Å². The van der Waals surface area contributed by atoms with E-state index >= 15 is 0 Å². The van der Waals surface area contributed by atoms with Gasteiger partial charge in [-0.3, -0.25) is 8.42 Å². The van der Waals surface area contributed by atoms with Crippen molar-refractivity contribution >= 4 is 96.6 Å². The van der Waals surface area contributed by atoms with Crippen LogP contribution >= 0.6 is 0 Å². The van der Waals surface area contributed by atoms with Gasteiger partial charge in [-0.25, -0.2) is 16.8 Å². The molecule has 0 heterocycles. The van der Waals surface area contributed by atoms with Gasteiger partial charge in [-0.1, -0.05) is 35.3 Å². The Kier molecular flexibility index (Phi) is 22.0. The van der Waals surface area contributed by atoms with E-state index in [1.165, 1.54) is 32.4 Å². The van der Waals surface area contributed by atoms with Gasteiger partial charge in [0.15, 0.2) is 5.75 Å². The van der Waals surface area contributed by atoms with Gasteiger partial charge in [-0.15, -0.1) is 38.5 Å². The first-order valence-electron chi connectivity index (χ1n) is 15.9. The predicted molar refractivity (Wildman–Crippen MR) is 206 cm³/mol. The molecule has 0 aliphatic carbocycles. The summed E-state index contributed by atoms with van der Waals surface area (Å²) in [4.78, 5) is -2.93. The first kappa shape index (κ1) is 59.2. The molecule has 6 N–H and O–H groups in total. The summed E-state index contributed by atoms with van der Waals surface area (Å²) >= 11 is 0. The summed E-state index contributed by atoms with van der Waals surface area (Å²) in [6.07, 6.45) is 0. The van der Waals surface area contributed by atoms with Gasteiger partial charge in [0.2, 0.25) is 0 Å². The number of ether oxygens (including phenoxy) is 2. The van der Waals surface area contributed by atoms with Crippen molar-refractivity contribution in [3.05, 3.63) is 78.9 Å². The molecule has 0 saturated heterocycles. The molecular formula is C34H24N6Na4O16S4. The molecule has 314 valence electrons. The molecule has 0 atom stereocenters. The Bertz CT molecular complexity index is 3290. The number of hydrogen-bond acceptors (Lipinski definition) is 22. The SMILES string of the molecule is COc1cc(-c2ccc(N=Nc3ccc4c(S(=O)(=O)[O-])cc(S(=O)(=O)[O-])c(N)c4c3O)c(OC)c2)ccc1N=Nc1ccc2c(S(=O)(=O)[O-])c[c-]c(N)c2c1O.O=S(=O)=O.[Na+].[Na+].[Na+].[Na+]. The molecule has 0 fully saturated rings. The molecule has 0 aliphatic heterocycles. The monoisotopic (exact) mass is 992 g/mol.